The highest BCUT2D eigenvalue weighted by molar-refractivity contribution is 6.30. The topological polar surface area (TPSA) is 48.1 Å². The Labute approximate surface area is 105 Å². The van der Waals surface area contributed by atoms with Crippen molar-refractivity contribution in [2.45, 2.75) is 13.0 Å². The summed E-state index contributed by atoms with van der Waals surface area (Å²) in [6, 6.07) is 2.01. The average Bonchev–Trinajstić information content (AvgIpc) is 2.96. The van der Waals surface area contributed by atoms with Gasteiger partial charge in [0, 0.05) is 31.9 Å². The van der Waals surface area contributed by atoms with Crippen LogP contribution in [0.25, 0.3) is 0 Å². The molecule has 0 saturated carbocycles. The van der Waals surface area contributed by atoms with Crippen molar-refractivity contribution in [3.8, 4) is 0 Å². The van der Waals surface area contributed by atoms with E-state index in [1.807, 2.05) is 4.90 Å². The third-order valence-electron chi connectivity index (χ3n) is 4.07. The molecule has 3 heterocycles. The van der Waals surface area contributed by atoms with Gasteiger partial charge in [-0.1, -0.05) is 11.6 Å². The molecule has 1 aromatic heterocycles. The summed E-state index contributed by atoms with van der Waals surface area (Å²) < 4.78 is 0. The van der Waals surface area contributed by atoms with Crippen LogP contribution in [0.5, 0.6) is 0 Å². The molecule has 0 aromatic carbocycles. The van der Waals surface area contributed by atoms with E-state index in [9.17, 15) is 4.79 Å². The van der Waals surface area contributed by atoms with Gasteiger partial charge in [0.2, 0.25) is 0 Å². The second-order valence-corrected chi connectivity index (χ2v) is 5.45. The Bertz CT molecular complexity index is 445. The molecule has 2 fully saturated rings. The van der Waals surface area contributed by atoms with Crippen LogP contribution in [0.15, 0.2) is 12.3 Å². The quantitative estimate of drug-likeness (QED) is 0.794. The van der Waals surface area contributed by atoms with E-state index in [1.165, 1.54) is 0 Å². The number of rotatable bonds is 1. The summed E-state index contributed by atoms with van der Waals surface area (Å²) in [5, 5.41) is 3.98. The zero-order valence-electron chi connectivity index (χ0n) is 9.74. The average molecular weight is 254 g/mol. The highest BCUT2D eigenvalue weighted by Crippen LogP contribution is 2.33. The van der Waals surface area contributed by atoms with E-state index >= 15 is 0 Å². The number of amides is 1. The summed E-state index contributed by atoms with van der Waals surface area (Å²) >= 11 is 5.83. The molecule has 92 valence electrons. The maximum Gasteiger partial charge on any atom is 0.270 e. The predicted molar refractivity (Wildman–Crippen MR) is 66.2 cm³/mol. The highest BCUT2D eigenvalue weighted by atomic mass is 35.5. The molecule has 0 bridgehead atoms. The molecule has 0 radical (unpaired) electrons. The van der Waals surface area contributed by atoms with Gasteiger partial charge in [0.25, 0.3) is 5.91 Å². The summed E-state index contributed by atoms with van der Waals surface area (Å²) in [6.07, 6.45) is 1.65. The van der Waals surface area contributed by atoms with E-state index < -0.39 is 0 Å². The van der Waals surface area contributed by atoms with Crippen LogP contribution in [-0.2, 0) is 0 Å². The van der Waals surface area contributed by atoms with Gasteiger partial charge in [0.15, 0.2) is 0 Å². The van der Waals surface area contributed by atoms with Gasteiger partial charge in [-0.3, -0.25) is 4.79 Å². The molecule has 2 saturated heterocycles. The Balaban J connectivity index is 1.79. The Morgan fingerprint density at radius 2 is 2.35 bits per heavy atom. The zero-order valence-corrected chi connectivity index (χ0v) is 10.5. The van der Waals surface area contributed by atoms with Gasteiger partial charge in [-0.15, -0.1) is 0 Å². The number of H-pyrrole nitrogens is 1. The van der Waals surface area contributed by atoms with Crippen molar-refractivity contribution in [2.24, 2.45) is 11.8 Å². The number of aromatic nitrogens is 1. The van der Waals surface area contributed by atoms with Crippen LogP contribution in [-0.4, -0.2) is 41.5 Å². The Morgan fingerprint density at radius 3 is 3.00 bits per heavy atom. The smallest absolute Gasteiger partial charge is 0.270 e. The van der Waals surface area contributed by atoms with Crippen LogP contribution in [0.2, 0.25) is 5.02 Å². The third-order valence-corrected chi connectivity index (χ3v) is 4.29. The second kappa shape index (κ2) is 4.03. The van der Waals surface area contributed by atoms with Crippen molar-refractivity contribution in [3.63, 3.8) is 0 Å². The first kappa shape index (κ1) is 11.1. The number of aromatic amines is 1. The van der Waals surface area contributed by atoms with Crippen LogP contribution in [0.4, 0.5) is 0 Å². The zero-order chi connectivity index (χ0) is 12.0. The van der Waals surface area contributed by atoms with E-state index in [0.717, 1.165) is 19.6 Å². The van der Waals surface area contributed by atoms with Gasteiger partial charge in [0.1, 0.15) is 5.69 Å². The molecule has 17 heavy (non-hydrogen) atoms. The van der Waals surface area contributed by atoms with Gasteiger partial charge in [-0.25, -0.2) is 0 Å². The van der Waals surface area contributed by atoms with Gasteiger partial charge in [0.05, 0.1) is 5.02 Å². The maximum absolute atomic E-state index is 12.3. The minimum Gasteiger partial charge on any atom is -0.356 e. The molecule has 0 aliphatic carbocycles. The highest BCUT2D eigenvalue weighted by Gasteiger charge is 2.43. The Hall–Kier alpha value is -1.00. The molecule has 2 N–H and O–H groups in total. The van der Waals surface area contributed by atoms with E-state index in [1.54, 1.807) is 12.3 Å². The summed E-state index contributed by atoms with van der Waals surface area (Å²) in [5.41, 5.74) is 0.592. The summed E-state index contributed by atoms with van der Waals surface area (Å²) in [4.78, 5) is 17.2. The van der Waals surface area contributed by atoms with Crippen molar-refractivity contribution >= 4 is 17.5 Å². The van der Waals surface area contributed by atoms with Crippen LogP contribution in [0.3, 0.4) is 0 Å². The lowest BCUT2D eigenvalue weighted by Gasteiger charge is -2.23. The number of nitrogens with zero attached hydrogens (tertiary/aromatic N) is 1. The van der Waals surface area contributed by atoms with Crippen LogP contribution >= 0.6 is 11.6 Å². The van der Waals surface area contributed by atoms with Crippen LogP contribution < -0.4 is 5.32 Å². The lowest BCUT2D eigenvalue weighted by atomic mass is 9.95. The number of hydrogen-bond acceptors (Lipinski definition) is 2. The largest absolute Gasteiger partial charge is 0.356 e. The lowest BCUT2D eigenvalue weighted by molar-refractivity contribution is 0.0723. The van der Waals surface area contributed by atoms with Crippen molar-refractivity contribution in [3.05, 3.63) is 23.0 Å². The number of fused-ring (bicyclic) bond motifs is 1. The minimum atomic E-state index is 0.0683. The Morgan fingerprint density at radius 1 is 1.53 bits per heavy atom. The standard InChI is InChI=1S/C12H16ClN3O/c1-7-10-5-14-3-8(10)6-16(7)12(17)11-2-9(13)4-15-11/h2,4,7-8,10,14-15H,3,5-6H2,1H3. The van der Waals surface area contributed by atoms with E-state index in [2.05, 4.69) is 17.2 Å². The van der Waals surface area contributed by atoms with Crippen molar-refractivity contribution in [1.82, 2.24) is 15.2 Å². The molecule has 3 rings (SSSR count). The maximum atomic E-state index is 12.3. The Kier molecular flexibility index (Phi) is 2.64. The normalized spacial score (nSPS) is 31.9. The molecule has 4 nitrogen and oxygen atoms in total. The van der Waals surface area contributed by atoms with E-state index in [0.29, 0.717) is 28.6 Å². The summed E-state index contributed by atoms with van der Waals surface area (Å²) in [6.45, 7) is 5.06. The number of carbonyl (C=O) groups excluding carboxylic acids is 1. The first-order chi connectivity index (χ1) is 8.16. The summed E-state index contributed by atoms with van der Waals surface area (Å²) in [5.74, 6) is 1.28. The lowest BCUT2D eigenvalue weighted by Crippen LogP contribution is -2.38. The number of nitrogens with one attached hydrogen (secondary N) is 2. The SMILES string of the molecule is CC1C2CNCC2CN1C(=O)c1cc(Cl)c[nH]1. The molecule has 3 unspecified atom stereocenters. The third kappa shape index (κ3) is 1.76. The number of halogens is 1. The van der Waals surface area contributed by atoms with Crippen molar-refractivity contribution in [1.29, 1.82) is 0 Å². The van der Waals surface area contributed by atoms with Crippen LogP contribution in [0, 0.1) is 11.8 Å². The molecule has 1 amide bonds. The molecule has 0 spiro atoms. The van der Waals surface area contributed by atoms with Crippen molar-refractivity contribution < 1.29 is 4.79 Å². The van der Waals surface area contributed by atoms with Gasteiger partial charge in [-0.05, 0) is 24.8 Å². The molecular formula is C12H16ClN3O. The molecule has 1 aromatic rings. The molecular weight excluding hydrogens is 238 g/mol. The predicted octanol–water partition coefficient (Wildman–Crippen LogP) is 1.35. The fraction of sp³-hybridized carbons (Fsp3) is 0.583. The minimum absolute atomic E-state index is 0.0683. The molecule has 3 atom stereocenters. The molecule has 2 aliphatic heterocycles. The number of hydrogen-bond donors (Lipinski definition) is 2. The first-order valence-corrected chi connectivity index (χ1v) is 6.40. The first-order valence-electron chi connectivity index (χ1n) is 6.02. The van der Waals surface area contributed by atoms with Crippen LogP contribution in [0.1, 0.15) is 17.4 Å². The monoisotopic (exact) mass is 253 g/mol. The van der Waals surface area contributed by atoms with E-state index in [4.69, 9.17) is 11.6 Å². The second-order valence-electron chi connectivity index (χ2n) is 5.01. The molecule has 2 aliphatic rings. The van der Waals surface area contributed by atoms with Crippen molar-refractivity contribution in [2.75, 3.05) is 19.6 Å². The molecule has 5 heteroatoms. The number of carbonyl (C=O) groups is 1. The van der Waals surface area contributed by atoms with Gasteiger partial charge >= 0.3 is 0 Å². The fourth-order valence-corrected chi connectivity index (χ4v) is 3.25. The summed E-state index contributed by atoms with van der Waals surface area (Å²) in [7, 11) is 0. The van der Waals surface area contributed by atoms with Gasteiger partial charge < -0.3 is 15.2 Å². The van der Waals surface area contributed by atoms with Gasteiger partial charge in [-0.2, -0.15) is 0 Å². The van der Waals surface area contributed by atoms with E-state index in [-0.39, 0.29) is 5.91 Å². The number of likely N-dealkylation sites (tertiary alicyclic amines) is 1. The fourth-order valence-electron chi connectivity index (χ4n) is 3.08.